The maximum atomic E-state index is 12.0. The van der Waals surface area contributed by atoms with Gasteiger partial charge < -0.3 is 20.1 Å². The van der Waals surface area contributed by atoms with E-state index in [0.29, 0.717) is 18.8 Å². The van der Waals surface area contributed by atoms with E-state index in [-0.39, 0.29) is 18.6 Å². The molecule has 2 N–H and O–H groups in total. The number of hydrogen-bond donors (Lipinski definition) is 1. The molecule has 1 aromatic rings. The van der Waals surface area contributed by atoms with Crippen LogP contribution in [0.4, 0.5) is 11.4 Å². The molecule has 1 atom stereocenters. The third-order valence-electron chi connectivity index (χ3n) is 3.73. The zero-order valence-electron chi connectivity index (χ0n) is 13.5. The van der Waals surface area contributed by atoms with Gasteiger partial charge in [-0.15, -0.1) is 0 Å². The Hall–Kier alpha value is -1.91. The molecule has 0 radical (unpaired) electrons. The number of benzene rings is 1. The van der Waals surface area contributed by atoms with Crippen LogP contribution in [0.3, 0.4) is 0 Å². The molecule has 5 nitrogen and oxygen atoms in total. The van der Waals surface area contributed by atoms with Crippen LogP contribution in [0.25, 0.3) is 0 Å². The van der Waals surface area contributed by atoms with E-state index in [1.54, 1.807) is 0 Å². The fourth-order valence-corrected chi connectivity index (χ4v) is 2.69. The number of nitrogens with two attached hydrogens (primary N) is 1. The molecule has 0 aromatic heterocycles. The van der Waals surface area contributed by atoms with Crippen LogP contribution in [0.1, 0.15) is 39.5 Å². The second kappa shape index (κ2) is 7.92. The van der Waals surface area contributed by atoms with Crippen LogP contribution in [0.5, 0.6) is 5.75 Å². The number of carbonyl (C=O) groups is 1. The lowest BCUT2D eigenvalue weighted by molar-refractivity contribution is -0.142. The molecule has 1 aliphatic rings. The molecule has 1 unspecified atom stereocenters. The van der Waals surface area contributed by atoms with Gasteiger partial charge in [-0.05, 0) is 25.5 Å². The molecule has 0 amide bonds. The number of esters is 1. The van der Waals surface area contributed by atoms with Gasteiger partial charge in [-0.3, -0.25) is 4.79 Å². The summed E-state index contributed by atoms with van der Waals surface area (Å²) in [6, 6.07) is 5.56. The summed E-state index contributed by atoms with van der Waals surface area (Å²) in [4.78, 5) is 14.0. The van der Waals surface area contributed by atoms with Crippen LogP contribution < -0.4 is 15.4 Å². The highest BCUT2D eigenvalue weighted by atomic mass is 16.5. The summed E-state index contributed by atoms with van der Waals surface area (Å²) in [6.07, 6.45) is 4.41. The van der Waals surface area contributed by atoms with E-state index >= 15 is 0 Å². The molecular formula is C17H26N2O3. The zero-order chi connectivity index (χ0) is 15.9. The maximum absolute atomic E-state index is 12.0. The fourth-order valence-electron chi connectivity index (χ4n) is 2.69. The van der Waals surface area contributed by atoms with Crippen LogP contribution in [0.2, 0.25) is 0 Å². The Morgan fingerprint density at radius 2 is 2.23 bits per heavy atom. The summed E-state index contributed by atoms with van der Waals surface area (Å²) in [5.74, 6) is 0.522. The van der Waals surface area contributed by atoms with Crippen LogP contribution in [-0.4, -0.2) is 31.8 Å². The van der Waals surface area contributed by atoms with Gasteiger partial charge in [0, 0.05) is 0 Å². The number of fused-ring (bicyclic) bond motifs is 1. The molecule has 0 fully saturated rings. The van der Waals surface area contributed by atoms with Crippen molar-refractivity contribution in [3.63, 3.8) is 0 Å². The summed E-state index contributed by atoms with van der Waals surface area (Å²) in [7, 11) is 0. The van der Waals surface area contributed by atoms with E-state index in [1.165, 1.54) is 12.8 Å². The van der Waals surface area contributed by atoms with E-state index in [9.17, 15) is 4.79 Å². The number of carbonyl (C=O) groups excluding carboxylic acids is 1. The minimum absolute atomic E-state index is 0.0201. The van der Waals surface area contributed by atoms with Crippen molar-refractivity contribution in [2.24, 2.45) is 0 Å². The first-order valence-electron chi connectivity index (χ1n) is 8.07. The molecule has 22 heavy (non-hydrogen) atoms. The highest BCUT2D eigenvalue weighted by Crippen LogP contribution is 2.37. The molecule has 1 aliphatic heterocycles. The van der Waals surface area contributed by atoms with Crippen molar-refractivity contribution in [3.05, 3.63) is 18.2 Å². The Balaban J connectivity index is 1.91. The number of rotatable bonds is 7. The van der Waals surface area contributed by atoms with Gasteiger partial charge in [0.05, 0.1) is 18.8 Å². The van der Waals surface area contributed by atoms with E-state index in [0.717, 1.165) is 24.3 Å². The Labute approximate surface area is 132 Å². The number of unbranched alkanes of at least 4 members (excludes halogenated alkanes) is 3. The topological polar surface area (TPSA) is 64.8 Å². The first kappa shape index (κ1) is 16.5. The second-order valence-electron chi connectivity index (χ2n) is 5.78. The number of ether oxygens (including phenoxy) is 2. The second-order valence-corrected chi connectivity index (χ2v) is 5.78. The molecule has 0 spiro atoms. The Morgan fingerprint density at radius 1 is 1.41 bits per heavy atom. The van der Waals surface area contributed by atoms with Gasteiger partial charge in [0.2, 0.25) is 0 Å². The van der Waals surface area contributed by atoms with Crippen LogP contribution >= 0.6 is 0 Å². The highest BCUT2D eigenvalue weighted by Gasteiger charge is 2.26. The van der Waals surface area contributed by atoms with Crippen molar-refractivity contribution < 1.29 is 14.3 Å². The first-order valence-corrected chi connectivity index (χ1v) is 8.07. The summed E-state index contributed by atoms with van der Waals surface area (Å²) < 4.78 is 11.1. The zero-order valence-corrected chi connectivity index (χ0v) is 13.5. The molecular weight excluding hydrogens is 280 g/mol. The Kier molecular flexibility index (Phi) is 5.92. The average Bonchev–Trinajstić information content (AvgIpc) is 2.46. The Morgan fingerprint density at radius 3 is 3.00 bits per heavy atom. The van der Waals surface area contributed by atoms with Crippen molar-refractivity contribution >= 4 is 17.3 Å². The number of nitrogens with zero attached hydrogens (tertiary/aromatic N) is 1. The van der Waals surface area contributed by atoms with Crippen molar-refractivity contribution in [2.45, 2.75) is 45.6 Å². The number of nitrogen functional groups attached to an aromatic ring is 1. The maximum Gasteiger partial charge on any atom is 0.325 e. The van der Waals surface area contributed by atoms with Gasteiger partial charge in [-0.2, -0.15) is 0 Å². The van der Waals surface area contributed by atoms with Crippen LogP contribution in [0.15, 0.2) is 18.2 Å². The summed E-state index contributed by atoms with van der Waals surface area (Å²) in [5, 5.41) is 0. The molecule has 1 heterocycles. The fraction of sp³-hybridized carbons (Fsp3) is 0.588. The van der Waals surface area contributed by atoms with Crippen molar-refractivity contribution in [1.29, 1.82) is 0 Å². The minimum atomic E-state index is -0.209. The van der Waals surface area contributed by atoms with Gasteiger partial charge in [0.15, 0.2) is 0 Å². The lowest BCUT2D eigenvalue weighted by atomic mass is 10.1. The van der Waals surface area contributed by atoms with E-state index in [2.05, 4.69) is 6.92 Å². The van der Waals surface area contributed by atoms with Crippen molar-refractivity contribution in [2.75, 3.05) is 30.3 Å². The number of para-hydroxylation sites is 1. The van der Waals surface area contributed by atoms with E-state index in [4.69, 9.17) is 15.2 Å². The van der Waals surface area contributed by atoms with Gasteiger partial charge in [0.1, 0.15) is 24.1 Å². The molecule has 0 saturated carbocycles. The number of anilines is 2. The average molecular weight is 306 g/mol. The van der Waals surface area contributed by atoms with Crippen LogP contribution in [0, 0.1) is 0 Å². The summed E-state index contributed by atoms with van der Waals surface area (Å²) >= 11 is 0. The summed E-state index contributed by atoms with van der Waals surface area (Å²) in [5.41, 5.74) is 7.45. The first-order chi connectivity index (χ1) is 10.6. The monoisotopic (exact) mass is 306 g/mol. The molecule has 0 aliphatic carbocycles. The van der Waals surface area contributed by atoms with E-state index < -0.39 is 0 Å². The minimum Gasteiger partial charge on any atom is -0.487 e. The number of hydrogen-bond acceptors (Lipinski definition) is 5. The SMILES string of the molecule is CCCCCCOC(=O)CN1CC(C)Oc2cccc(N)c21. The largest absolute Gasteiger partial charge is 0.487 e. The standard InChI is InChI=1S/C17H26N2O3/c1-3-4-5-6-10-21-16(20)12-19-11-13(2)22-15-9-7-8-14(18)17(15)19/h7-9,13H,3-6,10-12,18H2,1-2H3. The van der Waals surface area contributed by atoms with Gasteiger partial charge in [-0.25, -0.2) is 0 Å². The summed E-state index contributed by atoms with van der Waals surface area (Å²) in [6.45, 7) is 5.48. The molecule has 0 saturated heterocycles. The smallest absolute Gasteiger partial charge is 0.325 e. The lowest BCUT2D eigenvalue weighted by Crippen LogP contribution is -2.42. The molecule has 122 valence electrons. The third-order valence-corrected chi connectivity index (χ3v) is 3.73. The quantitative estimate of drug-likeness (QED) is 0.476. The molecule has 2 rings (SSSR count). The van der Waals surface area contributed by atoms with Gasteiger partial charge >= 0.3 is 5.97 Å². The Bertz CT molecular complexity index is 505. The molecule has 1 aromatic carbocycles. The third kappa shape index (κ3) is 4.29. The predicted molar refractivity (Wildman–Crippen MR) is 88.3 cm³/mol. The van der Waals surface area contributed by atoms with Crippen molar-refractivity contribution in [3.8, 4) is 5.75 Å². The molecule has 5 heteroatoms. The predicted octanol–water partition coefficient (Wildman–Crippen LogP) is 2.98. The highest BCUT2D eigenvalue weighted by molar-refractivity contribution is 5.82. The molecule has 0 bridgehead atoms. The normalized spacial score (nSPS) is 16.8. The van der Waals surface area contributed by atoms with E-state index in [1.807, 2.05) is 30.0 Å². The van der Waals surface area contributed by atoms with Gasteiger partial charge in [-0.1, -0.05) is 32.3 Å². The lowest BCUT2D eigenvalue weighted by Gasteiger charge is -2.35. The van der Waals surface area contributed by atoms with Gasteiger partial charge in [0.25, 0.3) is 0 Å². The van der Waals surface area contributed by atoms with Crippen molar-refractivity contribution in [1.82, 2.24) is 0 Å². The van der Waals surface area contributed by atoms with Crippen LogP contribution in [-0.2, 0) is 9.53 Å².